The molecule has 4 aliphatic rings. The van der Waals surface area contributed by atoms with Crippen LogP contribution in [0.15, 0.2) is 80.2 Å². The van der Waals surface area contributed by atoms with E-state index in [2.05, 4.69) is 44.1 Å². The van der Waals surface area contributed by atoms with Crippen molar-refractivity contribution in [2.75, 3.05) is 31.7 Å². The summed E-state index contributed by atoms with van der Waals surface area (Å²) in [6, 6.07) is 11.0. The highest BCUT2D eigenvalue weighted by Crippen LogP contribution is 2.44. The Hall–Kier alpha value is -6.85. The van der Waals surface area contributed by atoms with E-state index in [0.717, 1.165) is 12.1 Å². The standard InChI is InChI=1S/C33H20N10O13S4.2H2O/c44-33(34-17-3-7-23(27(11-17)59(51,52)53)40-25-5-1-15-9-19(57(45,46)47)13-21-29(15)31(25)42(36-21)38-40)35-18-4-8-24(28(12-18)60(54,55)56)41-26-6-2-16-10-20(58(48,49)50)14-22-30(16)32(26)43(37-22)39-41;;/h3-4,7-14,38-39H,1-2H2,(H4-2,34,35,44,45,46,47,48,49,50,51,52,53,54,55,56);2*1H2. The Morgan fingerprint density at radius 2 is 0.968 bits per heavy atom. The number of nitrogens with zero attached hydrogens (tertiary/aromatic N) is 6. The Balaban J connectivity index is 0.00000264. The number of aromatic nitrogens is 4. The third-order valence-corrected chi connectivity index (χ3v) is 13.3. The first-order chi connectivity index (χ1) is 28.1. The van der Waals surface area contributed by atoms with Crippen LogP contribution in [-0.4, -0.2) is 88.6 Å². The van der Waals surface area contributed by atoms with Gasteiger partial charge >= 0.3 is 17.4 Å². The minimum Gasteiger partial charge on any atom is -0.870 e. The molecular formula is C33H24N10O15S4. The first-order valence-electron chi connectivity index (χ1n) is 16.9. The quantitative estimate of drug-likeness (QED) is 0.0799. The number of hydrogen-bond donors (Lipinski definition) is 8. The Labute approximate surface area is 348 Å². The van der Waals surface area contributed by atoms with Crippen LogP contribution in [0, 0.1) is 12.2 Å². The average molecular weight is 929 g/mol. The van der Waals surface area contributed by atoms with Gasteiger partial charge in [-0.3, -0.25) is 18.2 Å². The second-order valence-corrected chi connectivity index (χ2v) is 19.2. The number of benzene rings is 4. The van der Waals surface area contributed by atoms with Crippen LogP contribution in [0.4, 0.5) is 27.5 Å². The summed E-state index contributed by atoms with van der Waals surface area (Å²) in [5.41, 5.74) is 7.93. The molecule has 0 unspecified atom stereocenters. The van der Waals surface area contributed by atoms with Crippen molar-refractivity contribution in [3.63, 3.8) is 0 Å². The van der Waals surface area contributed by atoms with Gasteiger partial charge in [0.05, 0.1) is 21.2 Å². The molecule has 0 atom stereocenters. The van der Waals surface area contributed by atoms with Gasteiger partial charge in [-0.25, -0.2) is 4.79 Å². The molecule has 25 nitrogen and oxygen atoms in total. The Kier molecular flexibility index (Phi) is 9.17. The molecule has 4 aromatic carbocycles. The molecule has 0 saturated heterocycles. The summed E-state index contributed by atoms with van der Waals surface area (Å²) >= 11 is 0. The van der Waals surface area contributed by atoms with Crippen LogP contribution in [0.5, 0.6) is 0 Å². The SMILES string of the molecule is O=C(Nc1ccc(N2Nn3nc4cc(S(=O)(=O)O)cc5c4c3C2=[C+]C5)c(S(=O)(=O)O)c1)Nc1ccc(N2Nn3nc4cc(S(=O)(=O)O)cc5c4c3C2=[C+]C5)c(S(=O)(=O)O)c1.[OH-].[OH-]. The van der Waals surface area contributed by atoms with Crippen LogP contribution in [0.25, 0.3) is 33.2 Å². The smallest absolute Gasteiger partial charge is 0.323 e. The van der Waals surface area contributed by atoms with Crippen molar-refractivity contribution < 1.29 is 67.6 Å². The van der Waals surface area contributed by atoms with Crippen LogP contribution in [0.1, 0.15) is 22.5 Å². The normalized spacial score (nSPS) is 14.8. The van der Waals surface area contributed by atoms with E-state index in [-0.39, 0.29) is 78.8 Å². The lowest BCUT2D eigenvalue weighted by atomic mass is 9.97. The number of nitrogens with one attached hydrogen (secondary N) is 4. The molecular weight excluding hydrogens is 905 g/mol. The lowest BCUT2D eigenvalue weighted by molar-refractivity contribution is 0.262. The molecule has 0 bridgehead atoms. The van der Waals surface area contributed by atoms with Gasteiger partial charge in [-0.1, -0.05) is 9.58 Å². The highest BCUT2D eigenvalue weighted by molar-refractivity contribution is 7.86. The topological polar surface area (TPSA) is 385 Å². The van der Waals surface area contributed by atoms with Crippen molar-refractivity contribution in [3.05, 3.63) is 95.3 Å². The summed E-state index contributed by atoms with van der Waals surface area (Å²) in [6.45, 7) is 0. The van der Waals surface area contributed by atoms with E-state index in [0.29, 0.717) is 33.3 Å². The number of rotatable bonds is 8. The maximum absolute atomic E-state index is 13.2. The fraction of sp³-hybridized carbons (Fsp3) is 0.0606. The zero-order chi connectivity index (χ0) is 42.4. The highest BCUT2D eigenvalue weighted by atomic mass is 32.2. The predicted molar refractivity (Wildman–Crippen MR) is 213 cm³/mol. The van der Waals surface area contributed by atoms with E-state index in [1.807, 2.05) is 0 Å². The van der Waals surface area contributed by atoms with Gasteiger partial charge in [-0.15, -0.1) is 10.2 Å². The summed E-state index contributed by atoms with van der Waals surface area (Å²) < 4.78 is 138. The molecule has 320 valence electrons. The molecule has 62 heavy (non-hydrogen) atoms. The van der Waals surface area contributed by atoms with Gasteiger partial charge in [0, 0.05) is 22.5 Å². The van der Waals surface area contributed by atoms with E-state index in [1.54, 1.807) is 0 Å². The van der Waals surface area contributed by atoms with Crippen molar-refractivity contribution in [2.24, 2.45) is 0 Å². The zero-order valence-corrected chi connectivity index (χ0v) is 33.6. The average Bonchev–Trinajstić information content (AvgIpc) is 3.91. The van der Waals surface area contributed by atoms with Gasteiger partial charge in [0.25, 0.3) is 51.9 Å². The van der Waals surface area contributed by atoms with Gasteiger partial charge in [0.15, 0.2) is 0 Å². The maximum atomic E-state index is 13.2. The largest absolute Gasteiger partial charge is 0.870 e. The fourth-order valence-electron chi connectivity index (χ4n) is 7.50. The van der Waals surface area contributed by atoms with Gasteiger partial charge in [0.1, 0.15) is 56.6 Å². The number of hydrogen-bond acceptors (Lipinski definition) is 17. The Morgan fingerprint density at radius 1 is 0.581 bits per heavy atom. The first kappa shape index (κ1) is 41.9. The summed E-state index contributed by atoms with van der Waals surface area (Å²) in [5, 5.41) is 17.0. The molecule has 29 heteroatoms. The van der Waals surface area contributed by atoms with Gasteiger partial charge in [-0.2, -0.15) is 54.8 Å². The monoisotopic (exact) mass is 928 g/mol. The number of anilines is 4. The second kappa shape index (κ2) is 13.6. The Morgan fingerprint density at radius 3 is 1.32 bits per heavy atom. The zero-order valence-electron chi connectivity index (χ0n) is 30.4. The molecule has 10 N–H and O–H groups in total. The molecule has 0 radical (unpaired) electrons. The van der Waals surface area contributed by atoms with E-state index >= 15 is 0 Å². The first-order valence-corrected chi connectivity index (χ1v) is 22.6. The molecule has 0 fully saturated rings. The fourth-order valence-corrected chi connectivity index (χ4v) is 10.0. The highest BCUT2D eigenvalue weighted by Gasteiger charge is 2.46. The third kappa shape index (κ3) is 6.50. The summed E-state index contributed by atoms with van der Waals surface area (Å²) in [6.07, 6.45) is 6.19. The molecule has 10 rings (SSSR count). The number of allylic oxidation sites excluding steroid dienone is 2. The minimum atomic E-state index is -4.98. The van der Waals surface area contributed by atoms with E-state index in [4.69, 9.17) is 0 Å². The van der Waals surface area contributed by atoms with Crippen LogP contribution in [0.3, 0.4) is 0 Å². The van der Waals surface area contributed by atoms with Crippen molar-refractivity contribution in [3.8, 4) is 0 Å². The molecule has 2 aliphatic carbocycles. The molecule has 2 aromatic heterocycles. The van der Waals surface area contributed by atoms with Crippen LogP contribution >= 0.6 is 0 Å². The van der Waals surface area contributed by atoms with Crippen molar-refractivity contribution in [1.82, 2.24) is 19.8 Å². The summed E-state index contributed by atoms with van der Waals surface area (Å²) in [7, 11) is -19.1. The second-order valence-electron chi connectivity index (χ2n) is 13.6. The lowest BCUT2D eigenvalue weighted by Crippen LogP contribution is -2.30. The van der Waals surface area contributed by atoms with Crippen LogP contribution in [0.2, 0.25) is 0 Å². The van der Waals surface area contributed by atoms with Crippen molar-refractivity contribution in [1.29, 1.82) is 0 Å². The number of carbonyl (C=O) groups excluding carboxylic acids is 1. The van der Waals surface area contributed by atoms with Crippen LogP contribution in [-0.2, 0) is 53.3 Å². The predicted octanol–water partition coefficient (Wildman–Crippen LogP) is 2.02. The molecule has 6 aromatic rings. The molecule has 0 saturated carbocycles. The Bertz CT molecular complexity index is 3320. The molecule has 4 heterocycles. The van der Waals surface area contributed by atoms with Gasteiger partial charge < -0.3 is 21.6 Å². The third-order valence-electron chi connectivity index (χ3n) is 9.90. The van der Waals surface area contributed by atoms with E-state index in [9.17, 15) is 56.7 Å². The van der Waals surface area contributed by atoms with E-state index < -0.39 is 56.3 Å². The minimum absolute atomic E-state index is 0. The maximum Gasteiger partial charge on any atom is 0.323 e. The van der Waals surface area contributed by atoms with Gasteiger partial charge in [0.2, 0.25) is 0 Å². The molecule has 2 aliphatic heterocycles. The number of hydrazine groups is 2. The van der Waals surface area contributed by atoms with Crippen molar-refractivity contribution in [2.45, 2.75) is 32.4 Å². The van der Waals surface area contributed by atoms with Crippen LogP contribution < -0.4 is 31.7 Å². The number of carbonyl (C=O) groups is 1. The summed E-state index contributed by atoms with van der Waals surface area (Å²) in [5.74, 6) is 0. The molecule has 2 amide bonds. The summed E-state index contributed by atoms with van der Waals surface area (Å²) in [4.78, 5) is 13.6. The van der Waals surface area contributed by atoms with Crippen molar-refractivity contribution >= 4 is 102 Å². The lowest BCUT2D eigenvalue weighted by Gasteiger charge is -2.20. The van der Waals surface area contributed by atoms with Gasteiger partial charge in [-0.05, 0) is 60.7 Å². The number of amides is 2. The number of urea groups is 1. The van der Waals surface area contributed by atoms with E-state index in [1.165, 1.54) is 68.1 Å². The molecule has 0 spiro atoms.